The molecule has 0 aromatic rings. The van der Waals surface area contributed by atoms with Gasteiger partial charge in [-0.3, -0.25) is 9.59 Å². The molecule has 31 heavy (non-hydrogen) atoms. The molecule has 2 fully saturated rings. The summed E-state index contributed by atoms with van der Waals surface area (Å²) >= 11 is 0. The van der Waals surface area contributed by atoms with Gasteiger partial charge in [0.25, 0.3) is 0 Å². The number of ether oxygens (including phenoxy) is 2. The van der Waals surface area contributed by atoms with E-state index in [4.69, 9.17) is 13.9 Å². The number of allylic oxidation sites excluding steroid dienone is 4. The largest absolute Gasteiger partial charge is 0.465 e. The van der Waals surface area contributed by atoms with Gasteiger partial charge in [0.15, 0.2) is 5.41 Å². The third-order valence-electron chi connectivity index (χ3n) is 7.86. The van der Waals surface area contributed by atoms with Crippen molar-refractivity contribution >= 4 is 20.3 Å². The first-order chi connectivity index (χ1) is 14.6. The van der Waals surface area contributed by atoms with Crippen LogP contribution < -0.4 is 0 Å². The van der Waals surface area contributed by atoms with Crippen LogP contribution in [0, 0.1) is 17.3 Å². The zero-order chi connectivity index (χ0) is 23.0. The molecule has 2 aliphatic carbocycles. The van der Waals surface area contributed by atoms with Gasteiger partial charge in [-0.15, -0.1) is 0 Å². The molecular formula is C25H40O5Si. The first-order valence-electron chi connectivity index (χ1n) is 12.0. The number of rotatable bonds is 6. The zero-order valence-corrected chi connectivity index (χ0v) is 21.3. The summed E-state index contributed by atoms with van der Waals surface area (Å²) in [5.41, 5.74) is 2.73. The normalized spacial score (nSPS) is 32.2. The summed E-state index contributed by atoms with van der Waals surface area (Å²) in [6.07, 6.45) is 6.46. The number of carbonyl (C=O) groups excluding carboxylic acids is 2. The van der Waals surface area contributed by atoms with Crippen LogP contribution in [-0.2, 0) is 23.5 Å². The molecule has 6 heteroatoms. The molecular weight excluding hydrogens is 408 g/mol. The molecule has 3 rings (SSSR count). The van der Waals surface area contributed by atoms with Crippen LogP contribution in [0.2, 0.25) is 16.6 Å². The van der Waals surface area contributed by atoms with Crippen molar-refractivity contribution in [3.63, 3.8) is 0 Å². The van der Waals surface area contributed by atoms with Gasteiger partial charge < -0.3 is 13.9 Å². The number of hydrogen-bond donors (Lipinski definition) is 0. The second-order valence-corrected chi connectivity index (χ2v) is 15.1. The minimum atomic E-state index is -2.07. The van der Waals surface area contributed by atoms with Crippen molar-refractivity contribution in [2.75, 3.05) is 19.8 Å². The SMILES string of the molecule is CCOC(=O)C1(C(=O)OCC)C/C2=C/C/C(C)=C\[C@@H]3[C@H](CO[Si]3(C(C)C)C(C)C)[C@@H]2C1. The molecule has 0 N–H and O–H groups in total. The molecule has 0 aromatic carbocycles. The van der Waals surface area contributed by atoms with Gasteiger partial charge in [0.2, 0.25) is 8.32 Å². The van der Waals surface area contributed by atoms with Crippen LogP contribution in [0.5, 0.6) is 0 Å². The predicted octanol–water partition coefficient (Wildman–Crippen LogP) is 5.57. The highest BCUT2D eigenvalue weighted by Gasteiger charge is 2.62. The van der Waals surface area contributed by atoms with Gasteiger partial charge in [-0.1, -0.05) is 51.0 Å². The van der Waals surface area contributed by atoms with Gasteiger partial charge in [-0.2, -0.15) is 0 Å². The lowest BCUT2D eigenvalue weighted by Gasteiger charge is -2.40. The maximum Gasteiger partial charge on any atom is 0.323 e. The first kappa shape index (κ1) is 24.2. The molecule has 0 bridgehead atoms. The van der Waals surface area contributed by atoms with Crippen LogP contribution >= 0.6 is 0 Å². The van der Waals surface area contributed by atoms with E-state index in [1.54, 1.807) is 13.8 Å². The fourth-order valence-electron chi connectivity index (χ4n) is 6.47. The second-order valence-electron chi connectivity index (χ2n) is 10.2. The van der Waals surface area contributed by atoms with Crippen LogP contribution in [0.25, 0.3) is 0 Å². The van der Waals surface area contributed by atoms with E-state index in [0.717, 1.165) is 6.42 Å². The third-order valence-corrected chi connectivity index (χ3v) is 13.8. The fourth-order valence-corrected chi connectivity index (χ4v) is 12.2. The number of fused-ring (bicyclic) bond motifs is 3. The molecule has 1 aliphatic heterocycles. The van der Waals surface area contributed by atoms with Crippen molar-refractivity contribution in [1.82, 2.24) is 0 Å². The summed E-state index contributed by atoms with van der Waals surface area (Å²) < 4.78 is 17.6. The van der Waals surface area contributed by atoms with Crippen LogP contribution in [-0.4, -0.2) is 40.1 Å². The molecule has 0 spiro atoms. The standard InChI is InChI=1S/C25H40O5Si/c1-8-28-23(26)25(24(27)29-9-2)13-19-11-10-18(7)12-22-21(20(19)14-25)15-30-31(22,16(3)4)17(5)6/h11-12,16-17,20-22H,8-10,13-15H2,1-7H3/b18-12-,19-11-/t20-,21-,22-/m1/s1. The molecule has 3 aliphatic rings. The number of carbonyl (C=O) groups is 2. The molecule has 0 unspecified atom stereocenters. The lowest BCUT2D eigenvalue weighted by Crippen LogP contribution is -2.46. The first-order valence-corrected chi connectivity index (χ1v) is 14.1. The molecule has 0 radical (unpaired) electrons. The lowest BCUT2D eigenvalue weighted by molar-refractivity contribution is -0.171. The zero-order valence-electron chi connectivity index (χ0n) is 20.3. The Kier molecular flexibility index (Phi) is 7.21. The van der Waals surface area contributed by atoms with Crippen LogP contribution in [0.3, 0.4) is 0 Å². The Morgan fingerprint density at radius 3 is 2.23 bits per heavy atom. The highest BCUT2D eigenvalue weighted by Crippen LogP contribution is 2.60. The van der Waals surface area contributed by atoms with E-state index < -0.39 is 25.7 Å². The predicted molar refractivity (Wildman–Crippen MR) is 124 cm³/mol. The van der Waals surface area contributed by atoms with E-state index >= 15 is 0 Å². The summed E-state index contributed by atoms with van der Waals surface area (Å²) in [5, 5.41) is 0. The monoisotopic (exact) mass is 448 g/mol. The summed E-state index contributed by atoms with van der Waals surface area (Å²) in [5.74, 6) is -0.423. The molecule has 0 amide bonds. The van der Waals surface area contributed by atoms with Crippen molar-refractivity contribution in [2.24, 2.45) is 17.3 Å². The van der Waals surface area contributed by atoms with Gasteiger partial charge >= 0.3 is 11.9 Å². The number of esters is 2. The lowest BCUT2D eigenvalue weighted by atomic mass is 9.80. The summed E-state index contributed by atoms with van der Waals surface area (Å²) in [4.78, 5) is 26.2. The van der Waals surface area contributed by atoms with Crippen molar-refractivity contribution in [2.45, 2.75) is 84.4 Å². The van der Waals surface area contributed by atoms with E-state index in [9.17, 15) is 9.59 Å². The van der Waals surface area contributed by atoms with Gasteiger partial charge in [0.1, 0.15) is 0 Å². The molecule has 5 nitrogen and oxygen atoms in total. The maximum atomic E-state index is 13.1. The molecule has 0 aromatic heterocycles. The highest BCUT2D eigenvalue weighted by molar-refractivity contribution is 6.79. The van der Waals surface area contributed by atoms with E-state index in [0.29, 0.717) is 42.0 Å². The van der Waals surface area contributed by atoms with E-state index in [1.165, 1.54) is 11.1 Å². The van der Waals surface area contributed by atoms with Crippen LogP contribution in [0.15, 0.2) is 23.3 Å². The van der Waals surface area contributed by atoms with E-state index in [1.807, 2.05) is 0 Å². The van der Waals surface area contributed by atoms with Gasteiger partial charge in [-0.05, 0) is 63.0 Å². The second kappa shape index (κ2) is 9.22. The van der Waals surface area contributed by atoms with Gasteiger partial charge in [0.05, 0.1) is 13.2 Å². The maximum absolute atomic E-state index is 13.1. The minimum absolute atomic E-state index is 0.148. The van der Waals surface area contributed by atoms with Crippen molar-refractivity contribution in [1.29, 1.82) is 0 Å². The molecule has 3 atom stereocenters. The summed E-state index contributed by atoms with van der Waals surface area (Å²) in [6, 6.07) is 0. The Labute approximate surface area is 188 Å². The minimum Gasteiger partial charge on any atom is -0.465 e. The highest BCUT2D eigenvalue weighted by atomic mass is 28.4. The fraction of sp³-hybridized carbons (Fsp3) is 0.760. The van der Waals surface area contributed by atoms with E-state index in [-0.39, 0.29) is 19.1 Å². The van der Waals surface area contributed by atoms with Crippen LogP contribution in [0.4, 0.5) is 0 Å². The third kappa shape index (κ3) is 3.95. The Balaban J connectivity index is 2.06. The Morgan fingerprint density at radius 1 is 1.13 bits per heavy atom. The topological polar surface area (TPSA) is 61.8 Å². The van der Waals surface area contributed by atoms with Crippen LogP contribution in [0.1, 0.15) is 67.7 Å². The van der Waals surface area contributed by atoms with Gasteiger partial charge in [-0.25, -0.2) is 0 Å². The average molecular weight is 449 g/mol. The summed E-state index contributed by atoms with van der Waals surface area (Å²) in [7, 11) is -2.07. The Bertz CT molecular complexity index is 740. The van der Waals surface area contributed by atoms with Crippen molar-refractivity contribution in [3.8, 4) is 0 Å². The molecule has 1 saturated heterocycles. The van der Waals surface area contributed by atoms with Crippen molar-refractivity contribution < 1.29 is 23.5 Å². The van der Waals surface area contributed by atoms with E-state index in [2.05, 4.69) is 46.8 Å². The molecule has 1 heterocycles. The number of hydrogen-bond acceptors (Lipinski definition) is 5. The Morgan fingerprint density at radius 2 is 1.71 bits per heavy atom. The smallest absolute Gasteiger partial charge is 0.323 e. The van der Waals surface area contributed by atoms with Crippen molar-refractivity contribution in [3.05, 3.63) is 23.3 Å². The quantitative estimate of drug-likeness (QED) is 0.230. The molecule has 174 valence electrons. The Hall–Kier alpha value is -1.40. The average Bonchev–Trinajstić information content (AvgIpc) is 3.25. The summed E-state index contributed by atoms with van der Waals surface area (Å²) in [6.45, 7) is 16.2. The van der Waals surface area contributed by atoms with Gasteiger partial charge in [0, 0.05) is 12.1 Å². The molecule has 1 saturated carbocycles.